The largest absolute Gasteiger partial charge is 0.508 e. The second kappa shape index (κ2) is 4.87. The molecule has 13 heavy (non-hydrogen) atoms. The summed E-state index contributed by atoms with van der Waals surface area (Å²) in [5, 5.41) is 17.3. The van der Waals surface area contributed by atoms with E-state index in [0.717, 1.165) is 0 Å². The van der Waals surface area contributed by atoms with Gasteiger partial charge >= 0.3 is 0 Å². The first-order valence-electron chi connectivity index (χ1n) is 3.85. The number of aromatic hydroxyl groups is 2. The van der Waals surface area contributed by atoms with Gasteiger partial charge in [0, 0.05) is 18.5 Å². The molecule has 3 N–H and O–H groups in total. The van der Waals surface area contributed by atoms with Gasteiger partial charge < -0.3 is 15.2 Å². The first kappa shape index (κ1) is 9.19. The number of rotatable bonds is 0. The molecule has 0 aliphatic heterocycles. The predicted octanol–water partition coefficient (Wildman–Crippen LogP) is 2.11. The number of nitrogens with one attached hydrogen (secondary N) is 1. The molecule has 0 atom stereocenters. The highest BCUT2D eigenvalue weighted by atomic mass is 16.3. The topological polar surface area (TPSA) is 56.2 Å². The van der Waals surface area contributed by atoms with Crippen LogP contribution < -0.4 is 0 Å². The third-order valence-electron chi connectivity index (χ3n) is 1.33. The molecule has 0 aliphatic rings. The third-order valence-corrected chi connectivity index (χ3v) is 1.33. The van der Waals surface area contributed by atoms with Crippen LogP contribution in [0.4, 0.5) is 0 Å². The van der Waals surface area contributed by atoms with E-state index in [1.807, 2.05) is 24.5 Å². The highest BCUT2D eigenvalue weighted by Crippen LogP contribution is 2.14. The molecule has 3 nitrogen and oxygen atoms in total. The van der Waals surface area contributed by atoms with Crippen molar-refractivity contribution in [3.05, 3.63) is 48.8 Å². The van der Waals surface area contributed by atoms with E-state index in [9.17, 15) is 0 Å². The van der Waals surface area contributed by atoms with Crippen LogP contribution in [0.5, 0.6) is 11.5 Å². The lowest BCUT2D eigenvalue weighted by Gasteiger charge is -1.89. The van der Waals surface area contributed by atoms with Gasteiger partial charge in [0.25, 0.3) is 0 Å². The first-order valence-corrected chi connectivity index (χ1v) is 3.85. The number of hydrogen-bond donors (Lipinski definition) is 3. The van der Waals surface area contributed by atoms with E-state index in [0.29, 0.717) is 0 Å². The fraction of sp³-hybridized carbons (Fsp3) is 0. The molecule has 0 bridgehead atoms. The van der Waals surface area contributed by atoms with Gasteiger partial charge in [-0.05, 0) is 24.3 Å². The van der Waals surface area contributed by atoms with E-state index in [1.54, 1.807) is 6.07 Å². The number of benzene rings is 1. The minimum atomic E-state index is 0.0880. The number of phenols is 2. The summed E-state index contributed by atoms with van der Waals surface area (Å²) in [6.07, 6.45) is 3.75. The van der Waals surface area contributed by atoms with Crippen LogP contribution in [-0.2, 0) is 0 Å². The smallest absolute Gasteiger partial charge is 0.119 e. The van der Waals surface area contributed by atoms with Gasteiger partial charge in [-0.1, -0.05) is 6.07 Å². The van der Waals surface area contributed by atoms with Gasteiger partial charge in [0.15, 0.2) is 0 Å². The molecule has 1 aromatic heterocycles. The quantitative estimate of drug-likeness (QED) is 0.577. The van der Waals surface area contributed by atoms with Crippen molar-refractivity contribution >= 4 is 0 Å². The summed E-state index contributed by atoms with van der Waals surface area (Å²) >= 11 is 0. The van der Waals surface area contributed by atoms with Crippen molar-refractivity contribution in [2.45, 2.75) is 0 Å². The molecule has 1 heterocycles. The average molecular weight is 177 g/mol. The fourth-order valence-corrected chi connectivity index (χ4v) is 0.771. The van der Waals surface area contributed by atoms with Crippen LogP contribution in [0.15, 0.2) is 48.8 Å². The number of phenolic OH excluding ortho intramolecular Hbond substituents is 2. The highest BCUT2D eigenvalue weighted by molar-refractivity contribution is 5.30. The molecule has 2 rings (SSSR count). The van der Waals surface area contributed by atoms with Crippen molar-refractivity contribution in [2.75, 3.05) is 0 Å². The van der Waals surface area contributed by atoms with Gasteiger partial charge in [0.2, 0.25) is 0 Å². The van der Waals surface area contributed by atoms with Gasteiger partial charge in [-0.25, -0.2) is 0 Å². The van der Waals surface area contributed by atoms with E-state index in [4.69, 9.17) is 10.2 Å². The fourth-order valence-electron chi connectivity index (χ4n) is 0.771. The standard InChI is InChI=1S/C6H6O2.C4H5N/c7-5-2-1-3-6(8)4-5;1-2-4-5-3-1/h1-4,7-8H;1-5H. The van der Waals surface area contributed by atoms with Crippen LogP contribution in [0.1, 0.15) is 0 Å². The van der Waals surface area contributed by atoms with Crippen molar-refractivity contribution in [2.24, 2.45) is 0 Å². The van der Waals surface area contributed by atoms with Crippen LogP contribution in [0.25, 0.3) is 0 Å². The first-order chi connectivity index (χ1) is 6.29. The Morgan fingerprint density at radius 2 is 1.38 bits per heavy atom. The summed E-state index contributed by atoms with van der Waals surface area (Å²) < 4.78 is 0. The van der Waals surface area contributed by atoms with Crippen LogP contribution in [-0.4, -0.2) is 15.2 Å². The lowest BCUT2D eigenvalue weighted by Crippen LogP contribution is -1.61. The zero-order chi connectivity index (χ0) is 9.52. The van der Waals surface area contributed by atoms with Crippen LogP contribution >= 0.6 is 0 Å². The Morgan fingerprint density at radius 1 is 0.846 bits per heavy atom. The summed E-state index contributed by atoms with van der Waals surface area (Å²) in [6, 6.07) is 9.74. The molecular weight excluding hydrogens is 166 g/mol. The average Bonchev–Trinajstić information content (AvgIpc) is 2.59. The van der Waals surface area contributed by atoms with E-state index in [2.05, 4.69) is 4.98 Å². The molecule has 0 radical (unpaired) electrons. The number of H-pyrrole nitrogens is 1. The van der Waals surface area contributed by atoms with Gasteiger partial charge in [-0.3, -0.25) is 0 Å². The molecule has 0 fully saturated rings. The van der Waals surface area contributed by atoms with Gasteiger partial charge in [0.05, 0.1) is 0 Å². The zero-order valence-electron chi connectivity index (χ0n) is 7.01. The number of aromatic nitrogens is 1. The van der Waals surface area contributed by atoms with Crippen molar-refractivity contribution in [3.8, 4) is 11.5 Å². The van der Waals surface area contributed by atoms with E-state index < -0.39 is 0 Å². The van der Waals surface area contributed by atoms with Crippen LogP contribution in [0.3, 0.4) is 0 Å². The van der Waals surface area contributed by atoms with Gasteiger partial charge in [0.1, 0.15) is 11.5 Å². The summed E-state index contributed by atoms with van der Waals surface area (Å²) in [6.45, 7) is 0. The molecule has 0 saturated heterocycles. The van der Waals surface area contributed by atoms with E-state index in [1.165, 1.54) is 18.2 Å². The second-order valence-electron chi connectivity index (χ2n) is 2.40. The van der Waals surface area contributed by atoms with E-state index in [-0.39, 0.29) is 11.5 Å². The lowest BCUT2D eigenvalue weighted by atomic mass is 10.3. The van der Waals surface area contributed by atoms with Crippen LogP contribution in [0, 0.1) is 0 Å². The molecule has 0 amide bonds. The third kappa shape index (κ3) is 3.86. The van der Waals surface area contributed by atoms with Gasteiger partial charge in [-0.15, -0.1) is 0 Å². The van der Waals surface area contributed by atoms with Gasteiger partial charge in [-0.2, -0.15) is 0 Å². The van der Waals surface area contributed by atoms with Crippen molar-refractivity contribution in [1.29, 1.82) is 0 Å². The summed E-state index contributed by atoms with van der Waals surface area (Å²) in [7, 11) is 0. The molecule has 0 spiro atoms. The summed E-state index contributed by atoms with van der Waals surface area (Å²) in [5.41, 5.74) is 0. The molecule has 68 valence electrons. The minimum absolute atomic E-state index is 0.0880. The molecule has 3 heteroatoms. The molecule has 0 aliphatic carbocycles. The maximum absolute atomic E-state index is 8.65. The Bertz CT molecular complexity index is 296. The van der Waals surface area contributed by atoms with Crippen molar-refractivity contribution in [3.63, 3.8) is 0 Å². The molecule has 0 saturated carbocycles. The Morgan fingerprint density at radius 3 is 1.62 bits per heavy atom. The maximum Gasteiger partial charge on any atom is 0.119 e. The molecule has 2 aromatic rings. The zero-order valence-corrected chi connectivity index (χ0v) is 7.01. The van der Waals surface area contributed by atoms with Crippen molar-refractivity contribution < 1.29 is 10.2 Å². The minimum Gasteiger partial charge on any atom is -0.508 e. The Balaban J connectivity index is 0.000000145. The Labute approximate surface area is 76.3 Å². The SMILES string of the molecule is Oc1cccc(O)c1.c1cc[nH]c1. The molecule has 1 aromatic carbocycles. The highest BCUT2D eigenvalue weighted by Gasteiger charge is 1.85. The molecular formula is C10H11NO2. The molecule has 0 unspecified atom stereocenters. The monoisotopic (exact) mass is 177 g/mol. The van der Waals surface area contributed by atoms with E-state index >= 15 is 0 Å². The second-order valence-corrected chi connectivity index (χ2v) is 2.40. The lowest BCUT2D eigenvalue weighted by molar-refractivity contribution is 0.450. The Kier molecular flexibility index (Phi) is 3.45. The summed E-state index contributed by atoms with van der Waals surface area (Å²) in [5.74, 6) is 0.176. The number of hydrogen-bond acceptors (Lipinski definition) is 2. The summed E-state index contributed by atoms with van der Waals surface area (Å²) in [4.78, 5) is 2.86. The maximum atomic E-state index is 8.65. The number of aromatic amines is 1. The van der Waals surface area contributed by atoms with Crippen molar-refractivity contribution in [1.82, 2.24) is 4.98 Å². The predicted molar refractivity (Wildman–Crippen MR) is 50.6 cm³/mol. The normalized spacial score (nSPS) is 8.62. The Hall–Kier alpha value is -1.90. The van der Waals surface area contributed by atoms with Crippen LogP contribution in [0.2, 0.25) is 0 Å².